The summed E-state index contributed by atoms with van der Waals surface area (Å²) in [6.07, 6.45) is 5.41. The molecular formula is C20H21FN2O4S. The van der Waals surface area contributed by atoms with E-state index in [0.29, 0.717) is 11.4 Å². The average Bonchev–Trinajstić information content (AvgIpc) is 3.47. The Kier molecular flexibility index (Phi) is 5.79. The number of aromatic nitrogens is 1. The molecule has 1 heterocycles. The van der Waals surface area contributed by atoms with Gasteiger partial charge in [-0.3, -0.25) is 9.78 Å². The van der Waals surface area contributed by atoms with E-state index in [9.17, 15) is 13.2 Å². The van der Waals surface area contributed by atoms with Gasteiger partial charge in [-0.05, 0) is 31.9 Å². The summed E-state index contributed by atoms with van der Waals surface area (Å²) in [5, 5.41) is 3.62. The predicted octanol–water partition coefficient (Wildman–Crippen LogP) is 3.57. The molecule has 0 radical (unpaired) electrons. The molecule has 1 amide bonds. The van der Waals surface area contributed by atoms with Crippen LogP contribution in [0.4, 0.5) is 4.39 Å². The highest BCUT2D eigenvalue weighted by Gasteiger charge is 2.32. The van der Waals surface area contributed by atoms with Gasteiger partial charge in [0, 0.05) is 29.8 Å². The Balaban J connectivity index is 1.89. The molecule has 0 aliphatic heterocycles. The van der Waals surface area contributed by atoms with Gasteiger partial charge in [-0.25, -0.2) is 12.8 Å². The average molecular weight is 404 g/mol. The quantitative estimate of drug-likeness (QED) is 0.763. The van der Waals surface area contributed by atoms with Gasteiger partial charge in [0.15, 0.2) is 21.4 Å². The van der Waals surface area contributed by atoms with Crippen molar-refractivity contribution >= 4 is 15.7 Å². The minimum absolute atomic E-state index is 0.0480. The van der Waals surface area contributed by atoms with Crippen molar-refractivity contribution in [3.63, 3.8) is 0 Å². The molecule has 2 aromatic rings. The molecule has 8 heteroatoms. The molecule has 6 nitrogen and oxygen atoms in total. The van der Waals surface area contributed by atoms with Crippen LogP contribution in [-0.2, 0) is 9.84 Å². The number of pyridine rings is 1. The Hall–Kier alpha value is -2.74. The molecule has 1 saturated carbocycles. The SMILES string of the molecule is C[C@@H](/C=C/S(C)(=O)=O)NC(=O)c1cnc(C2CC2)c(F)c1Oc1ccccc1. The fourth-order valence-electron chi connectivity index (χ4n) is 2.59. The lowest BCUT2D eigenvalue weighted by Gasteiger charge is -2.15. The van der Waals surface area contributed by atoms with Crippen molar-refractivity contribution in [3.05, 3.63) is 65.1 Å². The number of carbonyl (C=O) groups is 1. The second kappa shape index (κ2) is 8.10. The third-order valence-corrected chi connectivity index (χ3v) is 4.80. The number of para-hydroxylation sites is 1. The van der Waals surface area contributed by atoms with Crippen molar-refractivity contribution in [2.24, 2.45) is 0 Å². The second-order valence-corrected chi connectivity index (χ2v) is 8.74. The van der Waals surface area contributed by atoms with Crippen LogP contribution in [0.2, 0.25) is 0 Å². The number of ether oxygens (including phenoxy) is 1. The first-order chi connectivity index (χ1) is 13.2. The molecule has 3 rings (SSSR count). The van der Waals surface area contributed by atoms with E-state index in [1.807, 2.05) is 0 Å². The number of amides is 1. The molecule has 0 spiro atoms. The molecule has 1 N–H and O–H groups in total. The van der Waals surface area contributed by atoms with Crippen molar-refractivity contribution in [3.8, 4) is 11.5 Å². The number of sulfone groups is 1. The summed E-state index contributed by atoms with van der Waals surface area (Å²) in [7, 11) is -3.31. The third kappa shape index (κ3) is 5.16. The maximum atomic E-state index is 15.1. The van der Waals surface area contributed by atoms with Crippen molar-refractivity contribution in [1.29, 1.82) is 0 Å². The smallest absolute Gasteiger partial charge is 0.257 e. The van der Waals surface area contributed by atoms with E-state index < -0.39 is 27.6 Å². The maximum absolute atomic E-state index is 15.1. The normalized spacial score (nSPS) is 15.4. The number of hydrogen-bond donors (Lipinski definition) is 1. The van der Waals surface area contributed by atoms with Gasteiger partial charge in [-0.2, -0.15) is 0 Å². The van der Waals surface area contributed by atoms with Crippen molar-refractivity contribution in [1.82, 2.24) is 10.3 Å². The topological polar surface area (TPSA) is 85.4 Å². The van der Waals surface area contributed by atoms with Crippen LogP contribution in [0, 0.1) is 5.82 Å². The zero-order valence-corrected chi connectivity index (χ0v) is 16.4. The highest BCUT2D eigenvalue weighted by atomic mass is 32.2. The first-order valence-corrected chi connectivity index (χ1v) is 10.8. The monoisotopic (exact) mass is 404 g/mol. The molecule has 0 bridgehead atoms. The van der Waals surface area contributed by atoms with Gasteiger partial charge in [0.25, 0.3) is 5.91 Å². The molecule has 1 aromatic carbocycles. The zero-order valence-electron chi connectivity index (χ0n) is 15.6. The lowest BCUT2D eigenvalue weighted by atomic mass is 10.1. The van der Waals surface area contributed by atoms with Crippen molar-refractivity contribution in [2.45, 2.75) is 31.7 Å². The highest BCUT2D eigenvalue weighted by molar-refractivity contribution is 7.93. The van der Waals surface area contributed by atoms with Gasteiger partial charge in [-0.15, -0.1) is 0 Å². The summed E-state index contributed by atoms with van der Waals surface area (Å²) in [4.78, 5) is 16.8. The summed E-state index contributed by atoms with van der Waals surface area (Å²) in [5.74, 6) is -0.983. The summed E-state index contributed by atoms with van der Waals surface area (Å²) < 4.78 is 43.2. The third-order valence-electron chi connectivity index (χ3n) is 4.15. The second-order valence-electron chi connectivity index (χ2n) is 6.81. The molecule has 1 aromatic heterocycles. The molecule has 1 aliphatic rings. The van der Waals surface area contributed by atoms with Gasteiger partial charge in [0.2, 0.25) is 0 Å². The summed E-state index contributed by atoms with van der Waals surface area (Å²) in [6, 6.07) is 8.03. The number of benzene rings is 1. The number of carbonyl (C=O) groups excluding carboxylic acids is 1. The minimum Gasteiger partial charge on any atom is -0.453 e. The van der Waals surface area contributed by atoms with E-state index in [1.165, 1.54) is 12.3 Å². The van der Waals surface area contributed by atoms with E-state index in [-0.39, 0.29) is 17.2 Å². The van der Waals surface area contributed by atoms with E-state index in [1.54, 1.807) is 37.3 Å². The number of rotatable bonds is 7. The minimum atomic E-state index is -3.31. The lowest BCUT2D eigenvalue weighted by molar-refractivity contribution is 0.0943. The van der Waals surface area contributed by atoms with Crippen LogP contribution in [0.3, 0.4) is 0 Å². The molecule has 1 aliphatic carbocycles. The van der Waals surface area contributed by atoms with Gasteiger partial charge in [0.05, 0.1) is 5.69 Å². The highest BCUT2D eigenvalue weighted by Crippen LogP contribution is 2.43. The van der Waals surface area contributed by atoms with Gasteiger partial charge in [-0.1, -0.05) is 24.3 Å². The zero-order chi connectivity index (χ0) is 20.3. The number of hydrogen-bond acceptors (Lipinski definition) is 5. The number of halogens is 1. The molecule has 148 valence electrons. The number of nitrogens with one attached hydrogen (secondary N) is 1. The predicted molar refractivity (Wildman–Crippen MR) is 104 cm³/mol. The first kappa shape index (κ1) is 20.0. The van der Waals surface area contributed by atoms with Gasteiger partial charge < -0.3 is 10.1 Å². The van der Waals surface area contributed by atoms with E-state index >= 15 is 4.39 Å². The molecule has 0 unspecified atom stereocenters. The Bertz CT molecular complexity index is 1000. The van der Waals surface area contributed by atoms with Crippen LogP contribution >= 0.6 is 0 Å². The Morgan fingerprint density at radius 2 is 2.00 bits per heavy atom. The van der Waals surface area contributed by atoms with Crippen molar-refractivity contribution < 1.29 is 22.3 Å². The van der Waals surface area contributed by atoms with Crippen LogP contribution in [0.1, 0.15) is 41.7 Å². The van der Waals surface area contributed by atoms with Crippen molar-refractivity contribution in [2.75, 3.05) is 6.26 Å². The first-order valence-electron chi connectivity index (χ1n) is 8.85. The van der Waals surface area contributed by atoms with Crippen LogP contribution in [-0.4, -0.2) is 31.6 Å². The van der Waals surface area contributed by atoms with E-state index in [2.05, 4.69) is 10.3 Å². The van der Waals surface area contributed by atoms with E-state index in [0.717, 1.165) is 24.5 Å². The molecule has 28 heavy (non-hydrogen) atoms. The van der Waals surface area contributed by atoms with Crippen LogP contribution in [0.5, 0.6) is 11.5 Å². The van der Waals surface area contributed by atoms with Gasteiger partial charge in [0.1, 0.15) is 11.3 Å². The molecule has 0 saturated heterocycles. The summed E-state index contributed by atoms with van der Waals surface area (Å²) in [6.45, 7) is 1.61. The molecule has 1 atom stereocenters. The Morgan fingerprint density at radius 3 is 2.61 bits per heavy atom. The Labute approximate surface area is 163 Å². The lowest BCUT2D eigenvalue weighted by Crippen LogP contribution is -2.31. The fraction of sp³-hybridized carbons (Fsp3) is 0.300. The van der Waals surface area contributed by atoms with Crippen LogP contribution < -0.4 is 10.1 Å². The van der Waals surface area contributed by atoms with Crippen LogP contribution in [0.25, 0.3) is 0 Å². The van der Waals surface area contributed by atoms with Gasteiger partial charge >= 0.3 is 0 Å². The fourth-order valence-corrected chi connectivity index (χ4v) is 3.11. The Morgan fingerprint density at radius 1 is 1.32 bits per heavy atom. The largest absolute Gasteiger partial charge is 0.453 e. The number of nitrogens with zero attached hydrogens (tertiary/aromatic N) is 1. The van der Waals surface area contributed by atoms with Crippen LogP contribution in [0.15, 0.2) is 48.0 Å². The standard InChI is InChI=1S/C20H21FN2O4S/c1-13(10-11-28(2,25)26)23-20(24)16-12-22-18(14-8-9-14)17(21)19(16)27-15-6-4-3-5-7-15/h3-7,10-14H,8-9H2,1-2H3,(H,23,24)/b11-10+/t13-/m0/s1. The maximum Gasteiger partial charge on any atom is 0.257 e. The summed E-state index contributed by atoms with van der Waals surface area (Å²) in [5.41, 5.74) is 0.248. The molecular weight excluding hydrogens is 383 g/mol. The molecule has 1 fully saturated rings. The summed E-state index contributed by atoms with van der Waals surface area (Å²) >= 11 is 0. The van der Waals surface area contributed by atoms with E-state index in [4.69, 9.17) is 4.74 Å².